The number of anilines is 1. The van der Waals surface area contributed by atoms with E-state index in [2.05, 4.69) is 31.3 Å². The molecule has 1 aromatic heterocycles. The maximum Gasteiger partial charge on any atom is 0.337 e. The molecule has 0 saturated heterocycles. The number of hydrogen-bond acceptors (Lipinski definition) is 3. The van der Waals surface area contributed by atoms with Crippen molar-refractivity contribution in [1.82, 2.24) is 0 Å². The van der Waals surface area contributed by atoms with Gasteiger partial charge in [-0.25, -0.2) is 4.79 Å². The lowest BCUT2D eigenvalue weighted by Crippen LogP contribution is -2.19. The van der Waals surface area contributed by atoms with E-state index in [1.165, 1.54) is 9.75 Å². The molecule has 0 aliphatic carbocycles. The number of para-hydroxylation sites is 1. The fraction of sp³-hybridized carbons (Fsp3) is 0.267. The molecule has 2 aromatic rings. The van der Waals surface area contributed by atoms with Gasteiger partial charge in [-0.2, -0.15) is 0 Å². The first-order chi connectivity index (χ1) is 9.06. The van der Waals surface area contributed by atoms with Crippen molar-refractivity contribution in [3.63, 3.8) is 0 Å². The number of carboxylic acids is 1. The fourth-order valence-electron chi connectivity index (χ4n) is 2.01. The van der Waals surface area contributed by atoms with Crippen LogP contribution in [0.5, 0.6) is 0 Å². The topological polar surface area (TPSA) is 49.3 Å². The van der Waals surface area contributed by atoms with E-state index in [0.717, 1.165) is 6.42 Å². The van der Waals surface area contributed by atoms with Crippen LogP contribution in [0.15, 0.2) is 36.4 Å². The number of benzene rings is 1. The number of aryl methyl sites for hydroxylation is 1. The van der Waals surface area contributed by atoms with E-state index in [9.17, 15) is 4.79 Å². The minimum absolute atomic E-state index is 0.193. The third-order valence-electron chi connectivity index (χ3n) is 2.86. The summed E-state index contributed by atoms with van der Waals surface area (Å²) in [5.41, 5.74) is 0.993. The van der Waals surface area contributed by atoms with Crippen LogP contribution in [-0.4, -0.2) is 17.1 Å². The monoisotopic (exact) mass is 275 g/mol. The third-order valence-corrected chi connectivity index (χ3v) is 3.89. The zero-order chi connectivity index (χ0) is 13.8. The predicted molar refractivity (Wildman–Crippen MR) is 79.2 cm³/mol. The number of rotatable bonds is 5. The van der Waals surface area contributed by atoms with Crippen LogP contribution in [0, 0.1) is 6.92 Å². The standard InChI is InChI=1S/C15H17NO2S/c1-10(9-12-8-7-11(2)19-12)16-14-6-4-3-5-13(14)15(17)18/h3-8,10,16H,9H2,1-2H3,(H,17,18). The summed E-state index contributed by atoms with van der Waals surface area (Å²) < 4.78 is 0. The van der Waals surface area contributed by atoms with E-state index < -0.39 is 5.97 Å². The van der Waals surface area contributed by atoms with E-state index in [-0.39, 0.29) is 6.04 Å². The number of carboxylic acid groups (broad SMARTS) is 1. The average Bonchev–Trinajstić information content (AvgIpc) is 2.75. The zero-order valence-corrected chi connectivity index (χ0v) is 11.8. The van der Waals surface area contributed by atoms with Crippen LogP contribution in [0.25, 0.3) is 0 Å². The molecule has 0 aliphatic rings. The van der Waals surface area contributed by atoms with Crippen molar-refractivity contribution in [3.05, 3.63) is 51.7 Å². The lowest BCUT2D eigenvalue weighted by Gasteiger charge is -2.16. The molecule has 19 heavy (non-hydrogen) atoms. The molecule has 0 bridgehead atoms. The van der Waals surface area contributed by atoms with Crippen molar-refractivity contribution in [2.45, 2.75) is 26.3 Å². The minimum Gasteiger partial charge on any atom is -0.478 e. The Morgan fingerprint density at radius 2 is 2.05 bits per heavy atom. The highest BCUT2D eigenvalue weighted by Crippen LogP contribution is 2.20. The molecular formula is C15H17NO2S. The predicted octanol–water partition coefficient (Wildman–Crippen LogP) is 3.80. The summed E-state index contributed by atoms with van der Waals surface area (Å²) in [4.78, 5) is 13.7. The third kappa shape index (κ3) is 3.58. The number of carbonyl (C=O) groups is 1. The van der Waals surface area contributed by atoms with Crippen LogP contribution < -0.4 is 5.32 Å². The van der Waals surface area contributed by atoms with Crippen LogP contribution in [-0.2, 0) is 6.42 Å². The molecule has 2 N–H and O–H groups in total. The number of nitrogens with one attached hydrogen (secondary N) is 1. The number of hydrogen-bond donors (Lipinski definition) is 2. The van der Waals surface area contributed by atoms with Gasteiger partial charge in [-0.15, -0.1) is 11.3 Å². The molecule has 1 unspecified atom stereocenters. The van der Waals surface area contributed by atoms with Crippen molar-refractivity contribution in [2.24, 2.45) is 0 Å². The van der Waals surface area contributed by atoms with Gasteiger partial charge in [0, 0.05) is 27.9 Å². The molecular weight excluding hydrogens is 258 g/mol. The average molecular weight is 275 g/mol. The smallest absolute Gasteiger partial charge is 0.337 e. The molecule has 4 heteroatoms. The maximum absolute atomic E-state index is 11.1. The molecule has 1 atom stereocenters. The summed E-state index contributed by atoms with van der Waals surface area (Å²) in [5, 5.41) is 12.4. The highest BCUT2D eigenvalue weighted by atomic mass is 32.1. The second-order valence-corrected chi connectivity index (χ2v) is 5.99. The Morgan fingerprint density at radius 1 is 1.32 bits per heavy atom. The van der Waals surface area contributed by atoms with E-state index in [4.69, 9.17) is 5.11 Å². The Bertz CT molecular complexity index is 577. The summed E-state index contributed by atoms with van der Waals surface area (Å²) in [6.45, 7) is 4.15. The van der Waals surface area contributed by atoms with Crippen molar-refractivity contribution < 1.29 is 9.90 Å². The van der Waals surface area contributed by atoms with E-state index in [1.807, 2.05) is 6.07 Å². The lowest BCUT2D eigenvalue weighted by molar-refractivity contribution is 0.0698. The summed E-state index contributed by atoms with van der Waals surface area (Å²) in [5.74, 6) is -0.901. The van der Waals surface area contributed by atoms with Crippen molar-refractivity contribution in [1.29, 1.82) is 0 Å². The molecule has 1 heterocycles. The van der Waals surface area contributed by atoms with Gasteiger partial charge < -0.3 is 10.4 Å². The van der Waals surface area contributed by atoms with Crippen molar-refractivity contribution >= 4 is 23.0 Å². The van der Waals surface area contributed by atoms with Gasteiger partial charge in [0.05, 0.1) is 5.56 Å². The minimum atomic E-state index is -0.901. The normalized spacial score (nSPS) is 12.1. The fourth-order valence-corrected chi connectivity index (χ4v) is 3.03. The van der Waals surface area contributed by atoms with Crippen molar-refractivity contribution in [2.75, 3.05) is 5.32 Å². The molecule has 100 valence electrons. The van der Waals surface area contributed by atoms with E-state index >= 15 is 0 Å². The molecule has 1 aromatic carbocycles. The second-order valence-electron chi connectivity index (χ2n) is 4.61. The van der Waals surface area contributed by atoms with Gasteiger partial charge in [0.2, 0.25) is 0 Å². The van der Waals surface area contributed by atoms with E-state index in [1.54, 1.807) is 29.5 Å². The first-order valence-electron chi connectivity index (χ1n) is 6.20. The van der Waals surface area contributed by atoms with Gasteiger partial charge in [-0.3, -0.25) is 0 Å². The molecule has 0 spiro atoms. The van der Waals surface area contributed by atoms with Crippen LogP contribution >= 0.6 is 11.3 Å². The maximum atomic E-state index is 11.1. The van der Waals surface area contributed by atoms with Crippen LogP contribution in [0.1, 0.15) is 27.0 Å². The summed E-state index contributed by atoms with van der Waals surface area (Å²) >= 11 is 1.78. The summed E-state index contributed by atoms with van der Waals surface area (Å²) in [7, 11) is 0. The molecule has 0 saturated carbocycles. The zero-order valence-electron chi connectivity index (χ0n) is 11.0. The van der Waals surface area contributed by atoms with Gasteiger partial charge >= 0.3 is 5.97 Å². The highest BCUT2D eigenvalue weighted by molar-refractivity contribution is 7.11. The van der Waals surface area contributed by atoms with Gasteiger partial charge in [-0.05, 0) is 38.1 Å². The van der Waals surface area contributed by atoms with Gasteiger partial charge in [-0.1, -0.05) is 12.1 Å². The van der Waals surface area contributed by atoms with Gasteiger partial charge in [0.1, 0.15) is 0 Å². The molecule has 0 aliphatic heterocycles. The lowest BCUT2D eigenvalue weighted by atomic mass is 10.1. The summed E-state index contributed by atoms with van der Waals surface area (Å²) in [6, 6.07) is 11.4. The molecule has 0 radical (unpaired) electrons. The van der Waals surface area contributed by atoms with Gasteiger partial charge in [0.15, 0.2) is 0 Å². The Balaban J connectivity index is 2.06. The molecule has 0 fully saturated rings. The summed E-state index contributed by atoms with van der Waals surface area (Å²) in [6.07, 6.45) is 0.895. The van der Waals surface area contributed by atoms with Crippen LogP contribution in [0.3, 0.4) is 0 Å². The molecule has 3 nitrogen and oxygen atoms in total. The largest absolute Gasteiger partial charge is 0.478 e. The Hall–Kier alpha value is -1.81. The molecule has 2 rings (SSSR count). The number of thiophene rings is 1. The quantitative estimate of drug-likeness (QED) is 0.872. The highest BCUT2D eigenvalue weighted by Gasteiger charge is 2.11. The van der Waals surface area contributed by atoms with Crippen LogP contribution in [0.4, 0.5) is 5.69 Å². The first kappa shape index (κ1) is 13.6. The van der Waals surface area contributed by atoms with Crippen LogP contribution in [0.2, 0.25) is 0 Å². The second kappa shape index (κ2) is 5.89. The van der Waals surface area contributed by atoms with Gasteiger partial charge in [0.25, 0.3) is 0 Å². The Morgan fingerprint density at radius 3 is 2.68 bits per heavy atom. The Labute approximate surface area is 116 Å². The first-order valence-corrected chi connectivity index (χ1v) is 7.02. The van der Waals surface area contributed by atoms with E-state index in [0.29, 0.717) is 11.3 Å². The number of aromatic carboxylic acids is 1. The molecule has 0 amide bonds. The van der Waals surface area contributed by atoms with Crippen molar-refractivity contribution in [3.8, 4) is 0 Å². The Kier molecular flexibility index (Phi) is 4.22. The SMILES string of the molecule is Cc1ccc(CC(C)Nc2ccccc2C(=O)O)s1.